The maximum Gasteiger partial charge on any atom is 0.284 e. The molecule has 0 spiro atoms. The van der Waals surface area contributed by atoms with Gasteiger partial charge in [-0.05, 0) is 32.0 Å². The van der Waals surface area contributed by atoms with Gasteiger partial charge in [0, 0.05) is 35.3 Å². The van der Waals surface area contributed by atoms with Gasteiger partial charge in [-0.15, -0.1) is 11.3 Å². The molecular weight excluding hydrogens is 348 g/mol. The van der Waals surface area contributed by atoms with E-state index < -0.39 is 4.92 Å². The van der Waals surface area contributed by atoms with Crippen molar-refractivity contribution < 1.29 is 9.72 Å². The van der Waals surface area contributed by atoms with Crippen LogP contribution in [0.2, 0.25) is 0 Å². The molecule has 1 amide bonds. The Morgan fingerprint density at radius 2 is 2.38 bits per heavy atom. The van der Waals surface area contributed by atoms with E-state index in [2.05, 4.69) is 15.6 Å². The SMILES string of the molecule is Cc1csc(Sc2ccc(C(=O)NC3CCNC3)cc2[N+](=O)[O-])n1. The minimum atomic E-state index is -0.462. The molecule has 24 heavy (non-hydrogen) atoms. The number of aromatic nitrogens is 1. The van der Waals surface area contributed by atoms with E-state index in [1.54, 1.807) is 12.1 Å². The molecule has 7 nitrogen and oxygen atoms in total. The first kappa shape index (κ1) is 16.9. The number of aryl methyl sites for hydroxylation is 1. The van der Waals surface area contributed by atoms with E-state index in [1.165, 1.54) is 29.2 Å². The van der Waals surface area contributed by atoms with Crippen molar-refractivity contribution in [1.29, 1.82) is 0 Å². The lowest BCUT2D eigenvalue weighted by Gasteiger charge is -2.11. The van der Waals surface area contributed by atoms with Crippen LogP contribution in [-0.4, -0.2) is 34.9 Å². The number of nitrogens with zero attached hydrogens (tertiary/aromatic N) is 2. The highest BCUT2D eigenvalue weighted by molar-refractivity contribution is 8.01. The minimum Gasteiger partial charge on any atom is -0.348 e. The van der Waals surface area contributed by atoms with E-state index in [1.807, 2.05) is 12.3 Å². The molecule has 9 heteroatoms. The van der Waals surface area contributed by atoms with Gasteiger partial charge in [0.25, 0.3) is 11.6 Å². The topological polar surface area (TPSA) is 97.2 Å². The van der Waals surface area contributed by atoms with Crippen molar-refractivity contribution in [2.24, 2.45) is 0 Å². The average Bonchev–Trinajstić information content (AvgIpc) is 3.19. The van der Waals surface area contributed by atoms with Gasteiger partial charge in [-0.2, -0.15) is 0 Å². The van der Waals surface area contributed by atoms with Gasteiger partial charge in [0.1, 0.15) is 0 Å². The molecule has 1 fully saturated rings. The summed E-state index contributed by atoms with van der Waals surface area (Å²) in [6.07, 6.45) is 0.866. The molecule has 1 saturated heterocycles. The monoisotopic (exact) mass is 364 g/mol. The summed E-state index contributed by atoms with van der Waals surface area (Å²) >= 11 is 2.68. The highest BCUT2D eigenvalue weighted by atomic mass is 32.2. The molecule has 3 rings (SSSR count). The van der Waals surface area contributed by atoms with E-state index in [-0.39, 0.29) is 17.6 Å². The Bertz CT molecular complexity index is 772. The van der Waals surface area contributed by atoms with Crippen LogP contribution in [0.3, 0.4) is 0 Å². The van der Waals surface area contributed by atoms with Gasteiger partial charge in [-0.25, -0.2) is 4.98 Å². The quantitative estimate of drug-likeness (QED) is 0.625. The number of nitrogens with one attached hydrogen (secondary N) is 2. The van der Waals surface area contributed by atoms with Crippen molar-refractivity contribution in [1.82, 2.24) is 15.6 Å². The first-order chi connectivity index (χ1) is 11.5. The Kier molecular flexibility index (Phi) is 5.12. The number of carbonyl (C=O) groups is 1. The summed E-state index contributed by atoms with van der Waals surface area (Å²) in [5.74, 6) is -0.284. The standard InChI is InChI=1S/C15H16N4O3S2/c1-9-8-23-15(17-9)24-13-3-2-10(6-12(13)19(21)22)14(20)18-11-4-5-16-7-11/h2-3,6,8,11,16H,4-5,7H2,1H3,(H,18,20). The van der Waals surface area contributed by atoms with Gasteiger partial charge in [-0.1, -0.05) is 11.8 Å². The van der Waals surface area contributed by atoms with Crippen LogP contribution in [-0.2, 0) is 0 Å². The van der Waals surface area contributed by atoms with E-state index in [0.29, 0.717) is 10.5 Å². The number of carbonyl (C=O) groups excluding carboxylic acids is 1. The number of hydrogen-bond acceptors (Lipinski definition) is 7. The number of rotatable bonds is 5. The molecule has 1 atom stereocenters. The molecule has 0 bridgehead atoms. The maximum atomic E-state index is 12.3. The Hall–Kier alpha value is -1.97. The van der Waals surface area contributed by atoms with E-state index in [0.717, 1.165) is 29.5 Å². The van der Waals surface area contributed by atoms with Crippen molar-refractivity contribution in [3.05, 3.63) is 45.0 Å². The summed E-state index contributed by atoms with van der Waals surface area (Å²) in [5, 5.41) is 19.3. The summed E-state index contributed by atoms with van der Waals surface area (Å²) < 4.78 is 0.741. The first-order valence-electron chi connectivity index (χ1n) is 7.43. The highest BCUT2D eigenvalue weighted by Gasteiger charge is 2.22. The second-order valence-electron chi connectivity index (χ2n) is 5.46. The van der Waals surface area contributed by atoms with Crippen LogP contribution in [0, 0.1) is 17.0 Å². The van der Waals surface area contributed by atoms with Crippen LogP contribution in [0.15, 0.2) is 32.8 Å². The first-order valence-corrected chi connectivity index (χ1v) is 9.12. The zero-order valence-corrected chi connectivity index (χ0v) is 14.6. The fourth-order valence-electron chi connectivity index (χ4n) is 2.41. The molecule has 1 aromatic heterocycles. The summed E-state index contributed by atoms with van der Waals surface area (Å²) in [7, 11) is 0. The fraction of sp³-hybridized carbons (Fsp3) is 0.333. The van der Waals surface area contributed by atoms with Crippen molar-refractivity contribution in [3.63, 3.8) is 0 Å². The third kappa shape index (κ3) is 3.92. The molecule has 0 aliphatic carbocycles. The second-order valence-corrected chi connectivity index (χ2v) is 7.61. The second kappa shape index (κ2) is 7.29. The molecular formula is C15H16N4O3S2. The van der Waals surface area contributed by atoms with Gasteiger partial charge >= 0.3 is 0 Å². The molecule has 1 aliphatic rings. The van der Waals surface area contributed by atoms with Gasteiger partial charge < -0.3 is 10.6 Å². The highest BCUT2D eigenvalue weighted by Crippen LogP contribution is 2.36. The number of thiazole rings is 1. The van der Waals surface area contributed by atoms with Crippen molar-refractivity contribution in [3.8, 4) is 0 Å². The Labute approximate surface area is 147 Å². The number of benzene rings is 1. The molecule has 0 saturated carbocycles. The smallest absolute Gasteiger partial charge is 0.284 e. The summed E-state index contributed by atoms with van der Waals surface area (Å²) in [4.78, 5) is 28.0. The normalized spacial score (nSPS) is 17.0. The third-order valence-electron chi connectivity index (χ3n) is 3.61. The van der Waals surface area contributed by atoms with Gasteiger partial charge in [0.15, 0.2) is 4.34 Å². The molecule has 1 aromatic carbocycles. The number of hydrogen-bond donors (Lipinski definition) is 2. The largest absolute Gasteiger partial charge is 0.348 e. The van der Waals surface area contributed by atoms with Crippen molar-refractivity contribution in [2.45, 2.75) is 28.6 Å². The van der Waals surface area contributed by atoms with Crippen LogP contribution in [0.25, 0.3) is 0 Å². The lowest BCUT2D eigenvalue weighted by molar-refractivity contribution is -0.387. The van der Waals surface area contributed by atoms with Crippen LogP contribution < -0.4 is 10.6 Å². The fourth-order valence-corrected chi connectivity index (χ4v) is 4.29. The molecule has 2 heterocycles. The van der Waals surface area contributed by atoms with Crippen LogP contribution in [0.1, 0.15) is 22.5 Å². The zero-order valence-electron chi connectivity index (χ0n) is 12.9. The third-order valence-corrected chi connectivity index (χ3v) is 5.73. The summed E-state index contributed by atoms with van der Waals surface area (Å²) in [6.45, 7) is 3.47. The lowest BCUT2D eigenvalue weighted by atomic mass is 10.1. The Balaban J connectivity index is 1.81. The predicted octanol–water partition coefficient (Wildman–Crippen LogP) is 2.60. The van der Waals surface area contributed by atoms with Crippen LogP contribution in [0.4, 0.5) is 5.69 Å². The number of amides is 1. The van der Waals surface area contributed by atoms with Crippen LogP contribution >= 0.6 is 23.1 Å². The molecule has 1 aliphatic heterocycles. The molecule has 2 aromatic rings. The molecule has 2 N–H and O–H groups in total. The minimum absolute atomic E-state index is 0.0731. The van der Waals surface area contributed by atoms with E-state index in [9.17, 15) is 14.9 Å². The zero-order chi connectivity index (χ0) is 17.1. The van der Waals surface area contributed by atoms with E-state index in [4.69, 9.17) is 0 Å². The number of nitro benzene ring substituents is 1. The Morgan fingerprint density at radius 3 is 3.00 bits per heavy atom. The van der Waals surface area contributed by atoms with Crippen LogP contribution in [0.5, 0.6) is 0 Å². The molecule has 126 valence electrons. The number of nitro groups is 1. The van der Waals surface area contributed by atoms with Crippen molar-refractivity contribution in [2.75, 3.05) is 13.1 Å². The summed E-state index contributed by atoms with van der Waals surface area (Å²) in [5.41, 5.74) is 1.10. The lowest BCUT2D eigenvalue weighted by Crippen LogP contribution is -2.36. The van der Waals surface area contributed by atoms with Gasteiger partial charge in [-0.3, -0.25) is 14.9 Å². The van der Waals surface area contributed by atoms with E-state index >= 15 is 0 Å². The summed E-state index contributed by atoms with van der Waals surface area (Å²) in [6, 6.07) is 4.64. The van der Waals surface area contributed by atoms with Gasteiger partial charge in [0.2, 0.25) is 0 Å². The van der Waals surface area contributed by atoms with Crippen molar-refractivity contribution >= 4 is 34.7 Å². The average molecular weight is 364 g/mol. The van der Waals surface area contributed by atoms with Gasteiger partial charge in [0.05, 0.1) is 9.82 Å². The molecule has 0 radical (unpaired) electrons. The predicted molar refractivity (Wildman–Crippen MR) is 92.8 cm³/mol. The Morgan fingerprint density at radius 1 is 1.54 bits per heavy atom. The maximum absolute atomic E-state index is 12.3. The molecule has 1 unspecified atom stereocenters.